The van der Waals surface area contributed by atoms with Gasteiger partial charge in [0, 0.05) is 78.5 Å². The van der Waals surface area contributed by atoms with Crippen molar-refractivity contribution in [1.82, 2.24) is 9.13 Å². The second kappa shape index (κ2) is 10.7. The first-order valence-electron chi connectivity index (χ1n) is 20.7. The van der Waals surface area contributed by atoms with Crippen LogP contribution in [0.3, 0.4) is 0 Å². The van der Waals surface area contributed by atoms with Gasteiger partial charge in [-0.05, 0) is 76.0 Å². The molecule has 6 heterocycles. The molecule has 1 atom stereocenters. The molecule has 0 amide bonds. The van der Waals surface area contributed by atoms with Gasteiger partial charge in [-0.15, -0.1) is 0 Å². The van der Waals surface area contributed by atoms with Crippen LogP contribution in [0.25, 0.3) is 94.4 Å². The van der Waals surface area contributed by atoms with Crippen LogP contribution in [0.5, 0.6) is 0 Å². The van der Waals surface area contributed by atoms with Crippen LogP contribution in [0.2, 0.25) is 0 Å². The molecule has 15 rings (SSSR count). The van der Waals surface area contributed by atoms with Crippen LogP contribution in [-0.2, 0) is 0 Å². The zero-order valence-corrected chi connectivity index (χ0v) is 31.9. The molecule has 272 valence electrons. The Balaban J connectivity index is 1.15. The molecule has 0 N–H and O–H groups in total. The van der Waals surface area contributed by atoms with Crippen molar-refractivity contribution in [3.8, 4) is 33.6 Å². The molecule has 0 fully saturated rings. The van der Waals surface area contributed by atoms with E-state index < -0.39 is 0 Å². The van der Waals surface area contributed by atoms with E-state index in [0.717, 1.165) is 23.0 Å². The molecule has 0 radical (unpaired) electrons. The topological polar surface area (TPSA) is 26.2 Å². The van der Waals surface area contributed by atoms with Gasteiger partial charge in [0.25, 0.3) is 0 Å². The van der Waals surface area contributed by atoms with Crippen LogP contribution >= 0.6 is 0 Å². The molecule has 5 heteroatoms. The maximum atomic E-state index is 6.88. The quantitative estimate of drug-likeness (QED) is 0.165. The SMILES string of the molecule is C1=Cc2c3n(c4ccc5c(c24)N(c2ccc(-c4ccccc4)cc2)B2c4c(cc6oc7ccccc7c6c4-5)-n4c5ccccc5c5cccc2c54)-c2ccccc2C3C1. The van der Waals surface area contributed by atoms with Gasteiger partial charge in [-0.3, -0.25) is 0 Å². The van der Waals surface area contributed by atoms with E-state index in [2.05, 4.69) is 190 Å². The Labute approximate surface area is 339 Å². The minimum Gasteiger partial charge on any atom is -0.456 e. The second-order valence-electron chi connectivity index (χ2n) is 16.7. The van der Waals surface area contributed by atoms with E-state index in [4.69, 9.17) is 4.42 Å². The lowest BCUT2D eigenvalue weighted by atomic mass is 9.43. The van der Waals surface area contributed by atoms with Gasteiger partial charge in [-0.25, -0.2) is 0 Å². The Morgan fingerprint density at radius 3 is 2.27 bits per heavy atom. The third kappa shape index (κ3) is 3.65. The molecule has 0 saturated carbocycles. The summed E-state index contributed by atoms with van der Waals surface area (Å²) in [7, 11) is 0. The first-order valence-corrected chi connectivity index (χ1v) is 20.7. The molecule has 1 unspecified atom stereocenters. The summed E-state index contributed by atoms with van der Waals surface area (Å²) in [6, 6.07) is 60.8. The minimum atomic E-state index is -0.114. The van der Waals surface area contributed by atoms with E-state index in [1.54, 1.807) is 0 Å². The van der Waals surface area contributed by atoms with Crippen LogP contribution in [0.15, 0.2) is 174 Å². The zero-order valence-electron chi connectivity index (χ0n) is 31.9. The van der Waals surface area contributed by atoms with Crippen molar-refractivity contribution in [1.29, 1.82) is 0 Å². The number of allylic oxidation sites excluding steroid dienone is 1. The molecule has 0 bridgehead atoms. The maximum Gasteiger partial charge on any atom is 0.333 e. The smallest absolute Gasteiger partial charge is 0.333 e. The molecule has 8 aromatic carbocycles. The highest BCUT2D eigenvalue weighted by Crippen LogP contribution is 2.56. The molecule has 1 aliphatic carbocycles. The first kappa shape index (κ1) is 30.6. The Morgan fingerprint density at radius 2 is 1.36 bits per heavy atom. The van der Waals surface area contributed by atoms with Gasteiger partial charge in [0.15, 0.2) is 0 Å². The third-order valence-electron chi connectivity index (χ3n) is 14.0. The number of benzene rings is 8. The predicted octanol–water partition coefficient (Wildman–Crippen LogP) is 12.4. The molecular formula is C54H32BN3O. The lowest BCUT2D eigenvalue weighted by Crippen LogP contribution is -2.60. The largest absolute Gasteiger partial charge is 0.456 e. The number of rotatable bonds is 2. The summed E-state index contributed by atoms with van der Waals surface area (Å²) < 4.78 is 12.0. The van der Waals surface area contributed by atoms with Crippen molar-refractivity contribution in [3.05, 3.63) is 187 Å². The van der Waals surface area contributed by atoms with Crippen LogP contribution in [0.4, 0.5) is 11.4 Å². The van der Waals surface area contributed by atoms with Gasteiger partial charge in [0.1, 0.15) is 11.2 Å². The van der Waals surface area contributed by atoms with Gasteiger partial charge in [0.2, 0.25) is 0 Å². The van der Waals surface area contributed by atoms with E-state index in [9.17, 15) is 0 Å². The van der Waals surface area contributed by atoms with E-state index in [-0.39, 0.29) is 6.85 Å². The zero-order chi connectivity index (χ0) is 38.1. The summed E-state index contributed by atoms with van der Waals surface area (Å²) in [5, 5.41) is 6.20. The summed E-state index contributed by atoms with van der Waals surface area (Å²) in [5.74, 6) is 0.332. The first-order chi connectivity index (χ1) is 29.3. The highest BCUT2D eigenvalue weighted by atomic mass is 16.3. The normalized spacial score (nSPS) is 15.4. The van der Waals surface area contributed by atoms with Crippen molar-refractivity contribution < 1.29 is 4.42 Å². The van der Waals surface area contributed by atoms with Gasteiger partial charge >= 0.3 is 6.85 Å². The number of hydrogen-bond donors (Lipinski definition) is 0. The minimum absolute atomic E-state index is 0.114. The summed E-state index contributed by atoms with van der Waals surface area (Å²) in [6.45, 7) is -0.114. The standard InChI is InChI=1S/C54H32BN3O/c1-2-12-31(13-3-1)32-24-26-33(27-25-32)58-54-40(28-29-44-48(54)39-19-10-17-36-34-14-4-7-21-42(34)56(44)52(36)39)50-49-38-16-6-9-23-46(38)59-47(49)30-45-51(50)55(58)41-20-11-18-37-35-15-5-8-22-43(35)57(45)53(37)41/h1-16,18-30,36H,17H2. The molecule has 3 aromatic heterocycles. The fourth-order valence-electron chi connectivity index (χ4n) is 11.8. The number of anilines is 2. The van der Waals surface area contributed by atoms with Crippen molar-refractivity contribution in [2.24, 2.45) is 0 Å². The number of nitrogens with zero attached hydrogens (tertiary/aromatic N) is 3. The van der Waals surface area contributed by atoms with E-state index in [0.29, 0.717) is 5.92 Å². The average Bonchev–Trinajstić information content (AvgIpc) is 4.04. The maximum absolute atomic E-state index is 6.88. The van der Waals surface area contributed by atoms with E-state index >= 15 is 0 Å². The number of aromatic nitrogens is 2. The van der Waals surface area contributed by atoms with E-state index in [1.165, 1.54) is 111 Å². The van der Waals surface area contributed by atoms with Crippen molar-refractivity contribution in [3.63, 3.8) is 0 Å². The highest BCUT2D eigenvalue weighted by molar-refractivity contribution is 6.94. The molecular weight excluding hydrogens is 717 g/mol. The Bertz CT molecular complexity index is 3720. The van der Waals surface area contributed by atoms with Gasteiger partial charge in [-0.1, -0.05) is 133 Å². The molecule has 0 spiro atoms. The summed E-state index contributed by atoms with van der Waals surface area (Å²) in [6.07, 6.45) is 5.84. The van der Waals surface area contributed by atoms with Gasteiger partial charge in [0.05, 0.1) is 16.6 Å². The average molecular weight is 750 g/mol. The predicted molar refractivity (Wildman–Crippen MR) is 245 cm³/mol. The Morgan fingerprint density at radius 1 is 0.576 bits per heavy atom. The Hall–Kier alpha value is -7.50. The fraction of sp³-hybridized carbons (Fsp3) is 0.0370. The van der Waals surface area contributed by atoms with Crippen molar-refractivity contribution in [2.45, 2.75) is 12.3 Å². The second-order valence-corrected chi connectivity index (χ2v) is 16.7. The molecule has 3 aliphatic heterocycles. The van der Waals surface area contributed by atoms with E-state index in [1.807, 2.05) is 0 Å². The summed E-state index contributed by atoms with van der Waals surface area (Å²) >= 11 is 0. The van der Waals surface area contributed by atoms with Crippen molar-refractivity contribution >= 4 is 89.9 Å². The van der Waals surface area contributed by atoms with Crippen molar-refractivity contribution in [2.75, 3.05) is 4.81 Å². The molecule has 0 saturated heterocycles. The molecule has 11 aromatic rings. The lowest BCUT2D eigenvalue weighted by molar-refractivity contribution is 0.669. The van der Waals surface area contributed by atoms with Crippen LogP contribution in [-0.4, -0.2) is 16.0 Å². The third-order valence-corrected chi connectivity index (χ3v) is 14.0. The van der Waals surface area contributed by atoms with Crippen LogP contribution < -0.4 is 15.7 Å². The Kier molecular flexibility index (Phi) is 5.56. The van der Waals surface area contributed by atoms with Gasteiger partial charge in [-0.2, -0.15) is 0 Å². The lowest BCUT2D eigenvalue weighted by Gasteiger charge is -2.43. The van der Waals surface area contributed by atoms with Crippen LogP contribution in [0, 0.1) is 0 Å². The van der Waals surface area contributed by atoms with Gasteiger partial charge < -0.3 is 18.4 Å². The van der Waals surface area contributed by atoms with Crippen LogP contribution in [0.1, 0.15) is 29.2 Å². The number of fused-ring (bicyclic) bond motifs is 18. The number of hydrogen-bond acceptors (Lipinski definition) is 2. The molecule has 59 heavy (non-hydrogen) atoms. The fourth-order valence-corrected chi connectivity index (χ4v) is 11.8. The molecule has 4 nitrogen and oxygen atoms in total. The number of para-hydroxylation sites is 4. The summed E-state index contributed by atoms with van der Waals surface area (Å²) in [5.41, 5.74) is 22.3. The highest BCUT2D eigenvalue weighted by Gasteiger charge is 2.47. The molecule has 4 aliphatic rings. The number of furan rings is 1. The summed E-state index contributed by atoms with van der Waals surface area (Å²) in [4.78, 5) is 2.71. The monoisotopic (exact) mass is 749 g/mol.